The molecule has 7 nitrogen and oxygen atoms in total. The van der Waals surface area contributed by atoms with E-state index in [-0.39, 0.29) is 23.8 Å². The van der Waals surface area contributed by atoms with E-state index in [0.29, 0.717) is 16.8 Å². The number of aromatic nitrogens is 5. The molecule has 1 saturated carbocycles. The van der Waals surface area contributed by atoms with Crippen molar-refractivity contribution in [2.45, 2.75) is 44.9 Å². The molecule has 3 heterocycles. The minimum atomic E-state index is -4.59. The second-order valence-corrected chi connectivity index (χ2v) is 7.00. The van der Waals surface area contributed by atoms with Crippen molar-refractivity contribution in [2.75, 3.05) is 7.05 Å². The first-order valence-electron chi connectivity index (χ1n) is 9.01. The quantitative estimate of drug-likeness (QED) is 0.669. The third kappa shape index (κ3) is 3.46. The molecule has 1 amide bonds. The molecule has 0 aliphatic heterocycles. The van der Waals surface area contributed by atoms with Crippen LogP contribution in [0.2, 0.25) is 0 Å². The van der Waals surface area contributed by atoms with Crippen LogP contribution in [0.15, 0.2) is 24.5 Å². The van der Waals surface area contributed by atoms with Gasteiger partial charge in [-0.05, 0) is 25.8 Å². The summed E-state index contributed by atoms with van der Waals surface area (Å²) in [7, 11) is 1.57. The Balaban J connectivity index is 1.65. The van der Waals surface area contributed by atoms with Crippen LogP contribution < -0.4 is 0 Å². The fourth-order valence-corrected chi connectivity index (χ4v) is 3.09. The van der Waals surface area contributed by atoms with Crippen molar-refractivity contribution in [3.63, 3.8) is 0 Å². The number of amides is 1. The highest BCUT2D eigenvalue weighted by atomic mass is 19.4. The van der Waals surface area contributed by atoms with Crippen LogP contribution in [-0.4, -0.2) is 42.2 Å². The molecule has 148 valence electrons. The zero-order valence-corrected chi connectivity index (χ0v) is 15.4. The van der Waals surface area contributed by atoms with Gasteiger partial charge in [-0.25, -0.2) is 9.50 Å². The number of hydrogen-bond acceptors (Lipinski definition) is 4. The summed E-state index contributed by atoms with van der Waals surface area (Å²) in [6.07, 6.45) is 0.543. The van der Waals surface area contributed by atoms with E-state index in [1.54, 1.807) is 17.9 Å². The smallest absolute Gasteiger partial charge is 0.336 e. The van der Waals surface area contributed by atoms with Crippen LogP contribution in [0, 0.1) is 0 Å². The van der Waals surface area contributed by atoms with Gasteiger partial charge in [0, 0.05) is 49.6 Å². The summed E-state index contributed by atoms with van der Waals surface area (Å²) in [5, 5.41) is 8.06. The fraction of sp³-hybridized carbons (Fsp3) is 0.444. The van der Waals surface area contributed by atoms with E-state index in [1.807, 2.05) is 13.1 Å². The SMILES string of the molecule is CCn1cc(CN(C)C(=O)c2cc3nc(C4CC4)cc(C(F)(F)F)n3n2)cn1. The van der Waals surface area contributed by atoms with Gasteiger partial charge in [-0.15, -0.1) is 0 Å². The Morgan fingerprint density at radius 2 is 2.07 bits per heavy atom. The summed E-state index contributed by atoms with van der Waals surface area (Å²) in [5.74, 6) is -0.422. The maximum absolute atomic E-state index is 13.5. The predicted molar refractivity (Wildman–Crippen MR) is 93.7 cm³/mol. The van der Waals surface area contributed by atoms with Gasteiger partial charge < -0.3 is 4.90 Å². The summed E-state index contributed by atoms with van der Waals surface area (Å²) in [4.78, 5) is 18.4. The molecule has 0 bridgehead atoms. The minimum absolute atomic E-state index is 0.0345. The van der Waals surface area contributed by atoms with Gasteiger partial charge in [0.15, 0.2) is 11.3 Å². The van der Waals surface area contributed by atoms with Crippen LogP contribution in [-0.2, 0) is 19.3 Å². The molecule has 1 fully saturated rings. The van der Waals surface area contributed by atoms with E-state index in [9.17, 15) is 18.0 Å². The number of nitrogens with zero attached hydrogens (tertiary/aromatic N) is 6. The number of aryl methyl sites for hydroxylation is 1. The molecule has 0 spiro atoms. The molecule has 0 N–H and O–H groups in total. The maximum atomic E-state index is 13.5. The lowest BCUT2D eigenvalue weighted by atomic mass is 10.2. The topological polar surface area (TPSA) is 68.3 Å². The molecule has 0 aromatic carbocycles. The van der Waals surface area contributed by atoms with E-state index in [2.05, 4.69) is 15.2 Å². The molecule has 3 aromatic heterocycles. The molecule has 0 unspecified atom stereocenters. The van der Waals surface area contributed by atoms with E-state index in [0.717, 1.165) is 24.5 Å². The second-order valence-electron chi connectivity index (χ2n) is 7.00. The summed E-state index contributed by atoms with van der Waals surface area (Å²) < 4.78 is 42.9. The van der Waals surface area contributed by atoms with Crippen LogP contribution in [0.4, 0.5) is 13.2 Å². The Morgan fingerprint density at radius 3 is 2.68 bits per heavy atom. The van der Waals surface area contributed by atoms with Crippen LogP contribution in [0.25, 0.3) is 5.65 Å². The lowest BCUT2D eigenvalue weighted by Gasteiger charge is -2.14. The average molecular weight is 392 g/mol. The van der Waals surface area contributed by atoms with Gasteiger partial charge in [-0.2, -0.15) is 23.4 Å². The number of rotatable bonds is 5. The highest BCUT2D eigenvalue weighted by Crippen LogP contribution is 2.41. The van der Waals surface area contributed by atoms with Crippen LogP contribution >= 0.6 is 0 Å². The highest BCUT2D eigenvalue weighted by Gasteiger charge is 2.37. The molecule has 0 saturated heterocycles. The normalized spacial score (nSPS) is 14.6. The van der Waals surface area contributed by atoms with Crippen molar-refractivity contribution in [1.29, 1.82) is 0 Å². The first-order chi connectivity index (χ1) is 13.3. The van der Waals surface area contributed by atoms with E-state index in [1.165, 1.54) is 11.0 Å². The lowest BCUT2D eigenvalue weighted by molar-refractivity contribution is -0.142. The number of fused-ring (bicyclic) bond motifs is 1. The summed E-state index contributed by atoms with van der Waals surface area (Å²) in [6.45, 7) is 2.93. The number of carbonyl (C=O) groups is 1. The fourth-order valence-electron chi connectivity index (χ4n) is 3.09. The van der Waals surface area contributed by atoms with Gasteiger partial charge in [-0.1, -0.05) is 0 Å². The van der Waals surface area contributed by atoms with E-state index in [4.69, 9.17) is 0 Å². The van der Waals surface area contributed by atoms with Crippen molar-refractivity contribution >= 4 is 11.6 Å². The molecule has 0 radical (unpaired) electrons. The molecular formula is C18H19F3N6O. The van der Waals surface area contributed by atoms with E-state index < -0.39 is 17.8 Å². The Labute approximate surface area is 158 Å². The first-order valence-corrected chi connectivity index (χ1v) is 9.01. The molecule has 10 heteroatoms. The summed E-state index contributed by atoms with van der Waals surface area (Å²) >= 11 is 0. The molecule has 4 rings (SSSR count). The maximum Gasteiger partial charge on any atom is 0.433 e. The van der Waals surface area contributed by atoms with Gasteiger partial charge in [-0.3, -0.25) is 9.48 Å². The van der Waals surface area contributed by atoms with Crippen molar-refractivity contribution < 1.29 is 18.0 Å². The van der Waals surface area contributed by atoms with Crippen molar-refractivity contribution in [1.82, 2.24) is 29.3 Å². The van der Waals surface area contributed by atoms with Crippen molar-refractivity contribution in [3.8, 4) is 0 Å². The molecular weight excluding hydrogens is 373 g/mol. The van der Waals surface area contributed by atoms with Gasteiger partial charge in [0.2, 0.25) is 0 Å². The number of carbonyl (C=O) groups excluding carboxylic acids is 1. The summed E-state index contributed by atoms with van der Waals surface area (Å²) in [5.41, 5.74) is 0.277. The minimum Gasteiger partial charge on any atom is -0.336 e. The first kappa shape index (κ1) is 18.5. The Morgan fingerprint density at radius 1 is 1.32 bits per heavy atom. The summed E-state index contributed by atoms with van der Waals surface area (Å²) in [6, 6.07) is 2.35. The van der Waals surface area contributed by atoms with Gasteiger partial charge in [0.25, 0.3) is 5.91 Å². The van der Waals surface area contributed by atoms with Crippen LogP contribution in [0.5, 0.6) is 0 Å². The third-order valence-electron chi connectivity index (χ3n) is 4.73. The largest absolute Gasteiger partial charge is 0.433 e. The monoisotopic (exact) mass is 392 g/mol. The van der Waals surface area contributed by atoms with Crippen molar-refractivity contribution in [3.05, 3.63) is 47.2 Å². The van der Waals surface area contributed by atoms with E-state index >= 15 is 0 Å². The van der Waals surface area contributed by atoms with Crippen LogP contribution in [0.1, 0.15) is 53.1 Å². The Kier molecular flexibility index (Phi) is 4.35. The third-order valence-corrected chi connectivity index (χ3v) is 4.73. The second kappa shape index (κ2) is 6.61. The Hall–Kier alpha value is -2.91. The molecule has 28 heavy (non-hydrogen) atoms. The lowest BCUT2D eigenvalue weighted by Crippen LogP contribution is -2.26. The van der Waals surface area contributed by atoms with Crippen LogP contribution in [0.3, 0.4) is 0 Å². The van der Waals surface area contributed by atoms with Gasteiger partial charge in [0.1, 0.15) is 5.69 Å². The zero-order valence-electron chi connectivity index (χ0n) is 15.4. The molecule has 3 aromatic rings. The standard InChI is InChI=1S/C18H19F3N6O/c1-3-26-10-11(8-22-26)9-25(2)17(28)14-7-16-23-13(12-4-5-12)6-15(18(19,20)21)27(16)24-14/h6-8,10,12H,3-5,9H2,1-2H3. The average Bonchev–Trinajstić information content (AvgIpc) is 3.25. The molecule has 1 aliphatic rings. The molecule has 0 atom stereocenters. The number of halogens is 3. The Bertz CT molecular complexity index is 1030. The van der Waals surface area contributed by atoms with Gasteiger partial charge >= 0.3 is 6.18 Å². The van der Waals surface area contributed by atoms with Gasteiger partial charge in [0.05, 0.1) is 6.20 Å². The predicted octanol–water partition coefficient (Wildman–Crippen LogP) is 3.11. The zero-order chi connectivity index (χ0) is 20.1. The highest BCUT2D eigenvalue weighted by molar-refractivity contribution is 5.93. The van der Waals surface area contributed by atoms with Crippen molar-refractivity contribution in [2.24, 2.45) is 0 Å². The number of hydrogen-bond donors (Lipinski definition) is 0. The number of alkyl halides is 3. The molecule has 1 aliphatic carbocycles.